The molecule has 1 aliphatic heterocycles. The first-order chi connectivity index (χ1) is 11.7. The molecule has 0 saturated heterocycles. The maximum atomic E-state index is 5.36. The lowest BCUT2D eigenvalue weighted by Gasteiger charge is -2.39. The summed E-state index contributed by atoms with van der Waals surface area (Å²) in [4.78, 5) is 7.71. The molecule has 0 bridgehead atoms. The van der Waals surface area contributed by atoms with Crippen LogP contribution in [0.5, 0.6) is 0 Å². The smallest absolute Gasteiger partial charge is 0.305 e. The van der Waals surface area contributed by atoms with Crippen molar-refractivity contribution in [1.29, 1.82) is 0 Å². The number of fused-ring (bicyclic) bond motifs is 3. The van der Waals surface area contributed by atoms with Gasteiger partial charge in [-0.25, -0.2) is 5.32 Å². The Kier molecular flexibility index (Phi) is 5.14. The highest BCUT2D eigenvalue weighted by Gasteiger charge is 2.40. The topological polar surface area (TPSA) is 31.5 Å². The van der Waals surface area contributed by atoms with Gasteiger partial charge in [-0.05, 0) is 26.0 Å². The van der Waals surface area contributed by atoms with Gasteiger partial charge in [0.15, 0.2) is 0 Å². The van der Waals surface area contributed by atoms with Gasteiger partial charge in [-0.15, -0.1) is 12.6 Å². The summed E-state index contributed by atoms with van der Waals surface area (Å²) in [7, 11) is 0. The largest absolute Gasteiger partial charge is 0.400 e. The van der Waals surface area contributed by atoms with Crippen molar-refractivity contribution in [3.63, 3.8) is 0 Å². The monoisotopic (exact) mass is 344 g/mol. The van der Waals surface area contributed by atoms with E-state index in [-0.39, 0.29) is 0 Å². The van der Waals surface area contributed by atoms with E-state index in [1.54, 1.807) is 0 Å². The summed E-state index contributed by atoms with van der Waals surface area (Å²) >= 11 is 1.86. The van der Waals surface area contributed by atoms with Crippen molar-refractivity contribution in [2.75, 3.05) is 18.4 Å². The number of thiazole rings is 1. The minimum absolute atomic E-state index is 0.974. The molecular formula is C18H29BN4S. The number of hydrogen-bond donors (Lipinski definition) is 1. The minimum atomic E-state index is -0.974. The van der Waals surface area contributed by atoms with Gasteiger partial charge >= 0.3 is 6.42 Å². The molecule has 2 heterocycles. The van der Waals surface area contributed by atoms with Crippen LogP contribution in [0.4, 0.5) is 5.13 Å². The SMILES string of the molecule is CCC[B-]1(CCC)N=C(N(CC)CC)Nc2sc3ccccc3[n+]21. The second-order valence-electron chi connectivity index (χ2n) is 6.71. The van der Waals surface area contributed by atoms with E-state index >= 15 is 0 Å². The van der Waals surface area contributed by atoms with Crippen molar-refractivity contribution in [2.24, 2.45) is 4.90 Å². The van der Waals surface area contributed by atoms with E-state index in [1.807, 2.05) is 11.3 Å². The molecule has 2 aromatic rings. The van der Waals surface area contributed by atoms with E-state index in [9.17, 15) is 0 Å². The zero-order chi connectivity index (χ0) is 17.2. The summed E-state index contributed by atoms with van der Waals surface area (Å²) in [5.41, 5.74) is 1.33. The van der Waals surface area contributed by atoms with Crippen LogP contribution >= 0.6 is 11.3 Å². The molecule has 0 aliphatic carbocycles. The van der Waals surface area contributed by atoms with Crippen LogP contribution in [0, 0.1) is 0 Å². The number of para-hydroxylation sites is 1. The van der Waals surface area contributed by atoms with Crippen LogP contribution < -0.4 is 9.79 Å². The fourth-order valence-electron chi connectivity index (χ4n) is 4.12. The molecule has 3 rings (SSSR count). The third kappa shape index (κ3) is 2.81. The zero-order valence-corrected chi connectivity index (χ0v) is 16.2. The fourth-order valence-corrected chi connectivity index (χ4v) is 5.28. The molecular weight excluding hydrogens is 315 g/mol. The van der Waals surface area contributed by atoms with Crippen molar-refractivity contribution in [3.8, 4) is 0 Å². The summed E-state index contributed by atoms with van der Waals surface area (Å²) in [5.74, 6) is 1.06. The van der Waals surface area contributed by atoms with Gasteiger partial charge < -0.3 is 14.3 Å². The number of nitrogens with zero attached hydrogens (tertiary/aromatic N) is 3. The third-order valence-electron chi connectivity index (χ3n) is 5.18. The zero-order valence-electron chi connectivity index (χ0n) is 15.4. The van der Waals surface area contributed by atoms with Gasteiger partial charge in [0.05, 0.1) is 10.2 Å². The molecule has 1 aromatic carbocycles. The molecule has 0 amide bonds. The van der Waals surface area contributed by atoms with Crippen molar-refractivity contribution in [2.45, 2.75) is 53.2 Å². The maximum Gasteiger partial charge on any atom is 0.305 e. The molecule has 6 heteroatoms. The molecule has 0 unspecified atom stereocenters. The molecule has 0 saturated carbocycles. The van der Waals surface area contributed by atoms with Crippen molar-refractivity contribution in [3.05, 3.63) is 24.3 Å². The molecule has 0 radical (unpaired) electrons. The fraction of sp³-hybridized carbons (Fsp3) is 0.556. The van der Waals surface area contributed by atoms with E-state index in [1.165, 1.54) is 15.3 Å². The van der Waals surface area contributed by atoms with Gasteiger partial charge in [-0.3, -0.25) is 0 Å². The first kappa shape index (κ1) is 17.3. The number of benzene rings is 1. The van der Waals surface area contributed by atoms with Crippen LogP contribution in [0.1, 0.15) is 40.5 Å². The van der Waals surface area contributed by atoms with Gasteiger partial charge in [0.1, 0.15) is 0 Å². The van der Waals surface area contributed by atoms with E-state index in [0.29, 0.717) is 0 Å². The Morgan fingerprint density at radius 1 is 1.08 bits per heavy atom. The van der Waals surface area contributed by atoms with Gasteiger partial charge in [0.2, 0.25) is 5.96 Å². The van der Waals surface area contributed by atoms with E-state index in [0.717, 1.165) is 44.5 Å². The number of rotatable bonds is 6. The summed E-state index contributed by atoms with van der Waals surface area (Å²) in [6.07, 6.45) is 3.62. The van der Waals surface area contributed by atoms with E-state index in [4.69, 9.17) is 4.90 Å². The lowest BCUT2D eigenvalue weighted by atomic mass is 9.40. The first-order valence-electron chi connectivity index (χ1n) is 9.42. The lowest BCUT2D eigenvalue weighted by molar-refractivity contribution is -0.500. The first-order valence-corrected chi connectivity index (χ1v) is 10.2. The summed E-state index contributed by atoms with van der Waals surface area (Å²) < 4.78 is 3.87. The molecule has 0 atom stereocenters. The van der Waals surface area contributed by atoms with Crippen LogP contribution in [0.15, 0.2) is 29.2 Å². The maximum absolute atomic E-state index is 5.36. The molecule has 1 aromatic heterocycles. The van der Waals surface area contributed by atoms with Crippen molar-refractivity contribution in [1.82, 2.24) is 4.90 Å². The van der Waals surface area contributed by atoms with Gasteiger partial charge in [-0.2, -0.15) is 0 Å². The lowest BCUT2D eigenvalue weighted by Crippen LogP contribution is -2.67. The number of anilines is 1. The standard InChI is InChI=1S/C18H29BN4S/c1-5-13-19(14-6-2)21-17(22(7-3)8-4)20-18-23(19)15-11-9-10-12-16(15)24-18/h9-12H,5-8,13-14H2,1-4H3,(H,20,21). The Bertz CT molecular complexity index is 730. The van der Waals surface area contributed by atoms with Crippen molar-refractivity contribution < 1.29 is 4.48 Å². The van der Waals surface area contributed by atoms with Gasteiger partial charge in [-0.1, -0.05) is 50.2 Å². The van der Waals surface area contributed by atoms with Gasteiger partial charge in [0.25, 0.3) is 5.13 Å². The highest BCUT2D eigenvalue weighted by Crippen LogP contribution is 2.32. The Balaban J connectivity index is 2.21. The average Bonchev–Trinajstić information content (AvgIpc) is 2.95. The highest BCUT2D eigenvalue weighted by molar-refractivity contribution is 7.22. The van der Waals surface area contributed by atoms with Crippen LogP contribution in [0.3, 0.4) is 0 Å². The molecule has 0 spiro atoms. The highest BCUT2D eigenvalue weighted by atomic mass is 32.1. The van der Waals surface area contributed by atoms with Crippen molar-refractivity contribution >= 4 is 39.1 Å². The van der Waals surface area contributed by atoms with E-state index < -0.39 is 6.42 Å². The predicted octanol–water partition coefficient (Wildman–Crippen LogP) is 4.42. The molecule has 4 nitrogen and oxygen atoms in total. The molecule has 130 valence electrons. The van der Waals surface area contributed by atoms with E-state index in [2.05, 4.69) is 66.7 Å². The summed E-state index contributed by atoms with van der Waals surface area (Å²) in [6, 6.07) is 8.75. The third-order valence-corrected chi connectivity index (χ3v) is 6.23. The summed E-state index contributed by atoms with van der Waals surface area (Å²) in [6.45, 7) is 10.9. The average molecular weight is 344 g/mol. The Labute approximate surface area is 149 Å². The second-order valence-corrected chi connectivity index (χ2v) is 7.74. The van der Waals surface area contributed by atoms with Crippen LogP contribution in [-0.4, -0.2) is 30.4 Å². The van der Waals surface area contributed by atoms with Crippen LogP contribution in [-0.2, 0) is 0 Å². The Morgan fingerprint density at radius 2 is 1.75 bits per heavy atom. The quantitative estimate of drug-likeness (QED) is 0.787. The molecule has 1 aliphatic rings. The second kappa shape index (κ2) is 7.13. The molecule has 0 fully saturated rings. The number of nitrogens with one attached hydrogen (secondary N) is 1. The molecule has 1 N–H and O–H groups in total. The molecule has 24 heavy (non-hydrogen) atoms. The Hall–Kier alpha value is -1.56. The number of hydrogen-bond acceptors (Lipinski definition) is 4. The van der Waals surface area contributed by atoms with Gasteiger partial charge in [0, 0.05) is 13.1 Å². The summed E-state index contributed by atoms with van der Waals surface area (Å²) in [5, 5.41) is 4.88. The normalized spacial score (nSPS) is 15.8. The Morgan fingerprint density at radius 3 is 2.38 bits per heavy atom. The van der Waals surface area contributed by atoms with Crippen LogP contribution in [0.2, 0.25) is 12.6 Å². The number of guanidine groups is 1. The number of aromatic nitrogens is 1. The minimum Gasteiger partial charge on any atom is -0.400 e. The predicted molar refractivity (Wildman–Crippen MR) is 107 cm³/mol. The van der Waals surface area contributed by atoms with Crippen LogP contribution in [0.25, 0.3) is 10.2 Å².